The molecule has 0 aromatic rings. The maximum absolute atomic E-state index is 13.0. The molecule has 0 bridgehead atoms. The Morgan fingerprint density at radius 2 is 2.00 bits per heavy atom. The molecular formula is C17H29BN2O5. The van der Waals surface area contributed by atoms with Gasteiger partial charge in [-0.3, -0.25) is 14.9 Å². The fraction of sp³-hybridized carbons (Fsp3) is 0.824. The lowest BCUT2D eigenvalue weighted by atomic mass is 9.84. The van der Waals surface area contributed by atoms with Crippen molar-refractivity contribution in [2.45, 2.75) is 83.0 Å². The standard InChI is InChI=1S/C17H29BN2O5/c1-3-6-12(17(24)25-18)19-10(2)15(21)20-13-8-5-4-7-11(13)9-14(20)16(22)23/h10-14,19H,3-9,18H2,1-2H3,(H,22,23)/t10-,11+,12-,13+,14+/m1/s1. The van der Waals surface area contributed by atoms with E-state index in [0.717, 1.165) is 32.1 Å². The fourth-order valence-corrected chi connectivity index (χ4v) is 4.29. The number of amides is 1. The molecule has 25 heavy (non-hydrogen) atoms. The molecule has 0 unspecified atom stereocenters. The summed E-state index contributed by atoms with van der Waals surface area (Å²) in [7, 11) is 1.33. The number of nitrogens with one attached hydrogen (secondary N) is 1. The number of carbonyl (C=O) groups is 3. The molecular weight excluding hydrogens is 323 g/mol. The van der Waals surface area contributed by atoms with Crippen LogP contribution >= 0.6 is 0 Å². The number of hydrogen-bond donors (Lipinski definition) is 2. The number of carboxylic acids is 1. The van der Waals surface area contributed by atoms with Crippen LogP contribution in [0.4, 0.5) is 0 Å². The molecule has 2 N–H and O–H groups in total. The predicted molar refractivity (Wildman–Crippen MR) is 94.6 cm³/mol. The summed E-state index contributed by atoms with van der Waals surface area (Å²) in [5.41, 5.74) is 0. The van der Waals surface area contributed by atoms with Crippen LogP contribution in [-0.2, 0) is 19.0 Å². The first-order chi connectivity index (χ1) is 11.9. The number of carboxylic acid groups (broad SMARTS) is 1. The van der Waals surface area contributed by atoms with Crippen LogP contribution in [0, 0.1) is 5.92 Å². The van der Waals surface area contributed by atoms with E-state index < -0.39 is 30.1 Å². The van der Waals surface area contributed by atoms with Gasteiger partial charge < -0.3 is 14.7 Å². The molecule has 0 aromatic carbocycles. The molecule has 140 valence electrons. The summed E-state index contributed by atoms with van der Waals surface area (Å²) < 4.78 is 4.80. The lowest BCUT2D eigenvalue weighted by molar-refractivity contribution is -0.151. The van der Waals surface area contributed by atoms with Gasteiger partial charge in [-0.2, -0.15) is 0 Å². The van der Waals surface area contributed by atoms with Gasteiger partial charge in [-0.25, -0.2) is 4.79 Å². The number of rotatable bonds is 7. The average molecular weight is 352 g/mol. The molecule has 1 amide bonds. The Labute approximate surface area is 149 Å². The van der Waals surface area contributed by atoms with Crippen LogP contribution in [-0.4, -0.2) is 60.1 Å². The first-order valence-corrected chi connectivity index (χ1v) is 9.29. The summed E-state index contributed by atoms with van der Waals surface area (Å²) in [6.07, 6.45) is 5.86. The minimum absolute atomic E-state index is 0.00866. The number of likely N-dealkylation sites (tertiary alicyclic amines) is 1. The normalized spacial score (nSPS) is 28.1. The zero-order chi connectivity index (χ0) is 18.6. The quantitative estimate of drug-likeness (QED) is 0.647. The van der Waals surface area contributed by atoms with E-state index in [1.165, 1.54) is 8.05 Å². The van der Waals surface area contributed by atoms with Crippen LogP contribution in [0.3, 0.4) is 0 Å². The Kier molecular flexibility index (Phi) is 6.87. The van der Waals surface area contributed by atoms with Gasteiger partial charge in [0.25, 0.3) is 0 Å². The monoisotopic (exact) mass is 352 g/mol. The van der Waals surface area contributed by atoms with E-state index in [-0.39, 0.29) is 17.9 Å². The van der Waals surface area contributed by atoms with Crippen molar-refractivity contribution in [3.8, 4) is 0 Å². The summed E-state index contributed by atoms with van der Waals surface area (Å²) >= 11 is 0. The summed E-state index contributed by atoms with van der Waals surface area (Å²) in [4.78, 5) is 38.1. The third-order valence-corrected chi connectivity index (χ3v) is 5.51. The van der Waals surface area contributed by atoms with Crippen molar-refractivity contribution >= 4 is 25.9 Å². The summed E-state index contributed by atoms with van der Waals surface area (Å²) in [5, 5.41) is 12.6. The van der Waals surface area contributed by atoms with Crippen LogP contribution in [0.1, 0.15) is 58.8 Å². The Bertz CT molecular complexity index is 515. The largest absolute Gasteiger partial charge is 0.542 e. The van der Waals surface area contributed by atoms with E-state index in [4.69, 9.17) is 4.65 Å². The van der Waals surface area contributed by atoms with E-state index in [0.29, 0.717) is 12.8 Å². The molecule has 1 saturated carbocycles. The lowest BCUT2D eigenvalue weighted by Crippen LogP contribution is -2.55. The number of nitrogens with zero attached hydrogens (tertiary/aromatic N) is 1. The van der Waals surface area contributed by atoms with Crippen LogP contribution < -0.4 is 5.32 Å². The maximum Gasteiger partial charge on any atom is 0.326 e. The Morgan fingerprint density at radius 1 is 1.32 bits per heavy atom. The molecule has 1 aliphatic heterocycles. The van der Waals surface area contributed by atoms with Gasteiger partial charge in [-0.15, -0.1) is 0 Å². The smallest absolute Gasteiger partial charge is 0.326 e. The van der Waals surface area contributed by atoms with E-state index in [1.807, 2.05) is 6.92 Å². The molecule has 1 aliphatic carbocycles. The first-order valence-electron chi connectivity index (χ1n) is 9.29. The van der Waals surface area contributed by atoms with Crippen LogP contribution in [0.2, 0.25) is 0 Å². The minimum atomic E-state index is -0.937. The molecule has 2 fully saturated rings. The topological polar surface area (TPSA) is 95.9 Å². The molecule has 0 spiro atoms. The molecule has 1 saturated heterocycles. The van der Waals surface area contributed by atoms with Gasteiger partial charge in [-0.05, 0) is 38.5 Å². The van der Waals surface area contributed by atoms with Crippen molar-refractivity contribution in [3.63, 3.8) is 0 Å². The number of fused-ring (bicyclic) bond motifs is 1. The molecule has 2 rings (SSSR count). The van der Waals surface area contributed by atoms with Crippen molar-refractivity contribution in [1.29, 1.82) is 0 Å². The lowest BCUT2D eigenvalue weighted by Gasteiger charge is -2.35. The number of carbonyl (C=O) groups excluding carboxylic acids is 2. The van der Waals surface area contributed by atoms with Crippen LogP contribution in [0.5, 0.6) is 0 Å². The highest BCUT2D eigenvalue weighted by Crippen LogP contribution is 2.40. The van der Waals surface area contributed by atoms with E-state index in [2.05, 4.69) is 5.32 Å². The molecule has 7 nitrogen and oxygen atoms in total. The van der Waals surface area contributed by atoms with Gasteiger partial charge in [0.15, 0.2) is 0 Å². The summed E-state index contributed by atoms with van der Waals surface area (Å²) in [5.74, 6) is -1.29. The van der Waals surface area contributed by atoms with Gasteiger partial charge in [0, 0.05) is 6.04 Å². The van der Waals surface area contributed by atoms with E-state index in [9.17, 15) is 19.5 Å². The van der Waals surface area contributed by atoms with Crippen molar-refractivity contribution in [3.05, 3.63) is 0 Å². The maximum atomic E-state index is 13.0. The Hall–Kier alpha value is -1.57. The van der Waals surface area contributed by atoms with Crippen LogP contribution in [0.25, 0.3) is 0 Å². The molecule has 1 heterocycles. The first kappa shape index (κ1) is 19.8. The van der Waals surface area contributed by atoms with E-state index >= 15 is 0 Å². The SMILES string of the molecule is BOC(=O)[C@@H](CCC)N[C@H](C)C(=O)N1[C@H](C(=O)O)C[C@@H]2CCCC[C@@H]21. The van der Waals surface area contributed by atoms with Crippen molar-refractivity contribution in [1.82, 2.24) is 10.2 Å². The highest BCUT2D eigenvalue weighted by Gasteiger charge is 2.48. The van der Waals surface area contributed by atoms with Crippen molar-refractivity contribution < 1.29 is 24.1 Å². The Morgan fingerprint density at radius 3 is 2.60 bits per heavy atom. The predicted octanol–water partition coefficient (Wildman–Crippen LogP) is 0.469. The third-order valence-electron chi connectivity index (χ3n) is 5.51. The second kappa shape index (κ2) is 8.69. The second-order valence-corrected chi connectivity index (χ2v) is 7.20. The second-order valence-electron chi connectivity index (χ2n) is 7.20. The van der Waals surface area contributed by atoms with Crippen molar-refractivity contribution in [2.24, 2.45) is 5.92 Å². The van der Waals surface area contributed by atoms with Gasteiger partial charge in [0.05, 0.1) is 6.04 Å². The zero-order valence-corrected chi connectivity index (χ0v) is 15.4. The molecule has 0 radical (unpaired) electrons. The third kappa shape index (κ3) is 4.34. The number of hydrogen-bond acceptors (Lipinski definition) is 5. The highest BCUT2D eigenvalue weighted by molar-refractivity contribution is 6.06. The fourth-order valence-electron chi connectivity index (χ4n) is 4.29. The summed E-state index contributed by atoms with van der Waals surface area (Å²) in [6, 6.07) is -1.93. The molecule has 0 aromatic heterocycles. The highest BCUT2D eigenvalue weighted by atomic mass is 16.5. The summed E-state index contributed by atoms with van der Waals surface area (Å²) in [6.45, 7) is 3.65. The number of aliphatic carboxylic acids is 1. The molecule has 5 atom stereocenters. The van der Waals surface area contributed by atoms with Gasteiger partial charge in [0.2, 0.25) is 5.91 Å². The van der Waals surface area contributed by atoms with Crippen molar-refractivity contribution in [2.75, 3.05) is 0 Å². The average Bonchev–Trinajstić information content (AvgIpc) is 2.99. The molecule has 8 heteroatoms. The van der Waals surface area contributed by atoms with Gasteiger partial charge >= 0.3 is 20.0 Å². The van der Waals surface area contributed by atoms with Gasteiger partial charge in [0.1, 0.15) is 12.1 Å². The Balaban J connectivity index is 2.12. The van der Waals surface area contributed by atoms with Gasteiger partial charge in [-0.1, -0.05) is 26.2 Å². The zero-order valence-electron chi connectivity index (χ0n) is 15.4. The minimum Gasteiger partial charge on any atom is -0.542 e. The molecule has 2 aliphatic rings. The van der Waals surface area contributed by atoms with E-state index in [1.54, 1.807) is 11.8 Å². The van der Waals surface area contributed by atoms with Crippen LogP contribution in [0.15, 0.2) is 0 Å².